The molecule has 1 aromatic rings. The van der Waals surface area contributed by atoms with Crippen molar-refractivity contribution in [2.24, 2.45) is 5.73 Å². The van der Waals surface area contributed by atoms with Gasteiger partial charge in [-0.05, 0) is 25.1 Å². The molecule has 0 saturated heterocycles. The summed E-state index contributed by atoms with van der Waals surface area (Å²) in [5.41, 5.74) is 5.07. The van der Waals surface area contributed by atoms with Crippen molar-refractivity contribution in [3.05, 3.63) is 32.8 Å². The Labute approximate surface area is 124 Å². The topological polar surface area (TPSA) is 107 Å². The van der Waals surface area contributed by atoms with Crippen LogP contribution in [0.5, 0.6) is 5.75 Å². The van der Waals surface area contributed by atoms with Crippen molar-refractivity contribution in [3.63, 3.8) is 0 Å². The lowest BCUT2D eigenvalue weighted by Crippen LogP contribution is -2.45. The molecule has 1 aromatic carbocycles. The molecular weight excluding hydrogens is 330 g/mol. The maximum Gasteiger partial charge on any atom is 0.312 e. The number of hydrogen-bond donors (Lipinski definition) is 2. The van der Waals surface area contributed by atoms with Gasteiger partial charge < -0.3 is 15.8 Å². The summed E-state index contributed by atoms with van der Waals surface area (Å²) >= 11 is 3.16. The molecule has 1 amide bonds. The van der Waals surface area contributed by atoms with Crippen LogP contribution in [-0.2, 0) is 4.79 Å². The van der Waals surface area contributed by atoms with Gasteiger partial charge >= 0.3 is 5.69 Å². The minimum atomic E-state index is -0.682. The summed E-state index contributed by atoms with van der Waals surface area (Å²) in [6, 6.07) is 3.76. The summed E-state index contributed by atoms with van der Waals surface area (Å²) in [6.45, 7) is 2.50. The second-order valence-corrected chi connectivity index (χ2v) is 5.00. The minimum absolute atomic E-state index is 0.0577. The number of rotatable bonds is 8. The van der Waals surface area contributed by atoms with Gasteiger partial charge in [-0.3, -0.25) is 14.9 Å². The molecule has 0 aliphatic heterocycles. The predicted octanol–water partition coefficient (Wildman–Crippen LogP) is 1.59. The smallest absolute Gasteiger partial charge is 0.312 e. The van der Waals surface area contributed by atoms with Crippen molar-refractivity contribution in [1.82, 2.24) is 5.32 Å². The number of nitrogens with zero attached hydrogens (tertiary/aromatic N) is 1. The SMILES string of the molecule is CCCNC(COc1ccc(Br)cc1[N+](=O)[O-])C(N)=O. The molecule has 8 heteroatoms. The molecular formula is C12H16BrN3O4. The fourth-order valence-electron chi connectivity index (χ4n) is 1.49. The third-order valence-electron chi connectivity index (χ3n) is 2.51. The molecule has 7 nitrogen and oxygen atoms in total. The van der Waals surface area contributed by atoms with Gasteiger partial charge in [0.05, 0.1) is 4.92 Å². The number of carbonyl (C=O) groups excluding carboxylic acids is 1. The summed E-state index contributed by atoms with van der Waals surface area (Å²) < 4.78 is 5.92. The maximum absolute atomic E-state index is 11.2. The fourth-order valence-corrected chi connectivity index (χ4v) is 1.84. The second kappa shape index (κ2) is 7.81. The average Bonchev–Trinajstić information content (AvgIpc) is 2.39. The molecule has 0 heterocycles. The standard InChI is InChI=1S/C12H16BrN3O4/c1-2-5-15-9(12(14)17)7-20-11-4-3-8(13)6-10(11)16(18)19/h3-4,6,9,15H,2,5,7H2,1H3,(H2,14,17). The van der Waals surface area contributed by atoms with E-state index in [9.17, 15) is 14.9 Å². The van der Waals surface area contributed by atoms with Crippen LogP contribution in [0.3, 0.4) is 0 Å². The van der Waals surface area contributed by atoms with E-state index in [1.165, 1.54) is 12.1 Å². The lowest BCUT2D eigenvalue weighted by Gasteiger charge is -2.15. The van der Waals surface area contributed by atoms with E-state index in [4.69, 9.17) is 10.5 Å². The van der Waals surface area contributed by atoms with Gasteiger partial charge in [-0.25, -0.2) is 0 Å². The third-order valence-corrected chi connectivity index (χ3v) is 3.00. The first kappa shape index (κ1) is 16.4. The van der Waals surface area contributed by atoms with Gasteiger partial charge in [0.25, 0.3) is 0 Å². The van der Waals surface area contributed by atoms with Gasteiger partial charge in [-0.2, -0.15) is 0 Å². The quantitative estimate of drug-likeness (QED) is 0.549. The van der Waals surface area contributed by atoms with Gasteiger partial charge in [-0.1, -0.05) is 22.9 Å². The van der Waals surface area contributed by atoms with Crippen LogP contribution < -0.4 is 15.8 Å². The first-order chi connectivity index (χ1) is 9.45. The molecule has 0 aliphatic carbocycles. The van der Waals surface area contributed by atoms with Crippen LogP contribution in [-0.4, -0.2) is 30.0 Å². The molecule has 0 aliphatic rings. The molecule has 1 atom stereocenters. The lowest BCUT2D eigenvalue weighted by molar-refractivity contribution is -0.386. The first-order valence-electron chi connectivity index (χ1n) is 6.05. The second-order valence-electron chi connectivity index (χ2n) is 4.09. The van der Waals surface area contributed by atoms with Crippen molar-refractivity contribution in [2.75, 3.05) is 13.2 Å². The van der Waals surface area contributed by atoms with Crippen molar-refractivity contribution < 1.29 is 14.5 Å². The molecule has 110 valence electrons. The van der Waals surface area contributed by atoms with Crippen LogP contribution in [0.25, 0.3) is 0 Å². The highest BCUT2D eigenvalue weighted by atomic mass is 79.9. The van der Waals surface area contributed by atoms with Crippen molar-refractivity contribution >= 4 is 27.5 Å². The van der Waals surface area contributed by atoms with Gasteiger partial charge in [-0.15, -0.1) is 0 Å². The zero-order chi connectivity index (χ0) is 15.1. The molecule has 1 rings (SSSR count). The number of hydrogen-bond acceptors (Lipinski definition) is 5. The zero-order valence-electron chi connectivity index (χ0n) is 11.0. The van der Waals surface area contributed by atoms with Crippen LogP contribution in [0.4, 0.5) is 5.69 Å². The molecule has 0 spiro atoms. The Bertz CT molecular complexity index is 496. The molecule has 0 aromatic heterocycles. The Hall–Kier alpha value is -1.67. The highest BCUT2D eigenvalue weighted by Crippen LogP contribution is 2.30. The molecule has 20 heavy (non-hydrogen) atoms. The van der Waals surface area contributed by atoms with Crippen LogP contribution >= 0.6 is 15.9 Å². The minimum Gasteiger partial charge on any atom is -0.485 e. The highest BCUT2D eigenvalue weighted by molar-refractivity contribution is 9.10. The van der Waals surface area contributed by atoms with Crippen molar-refractivity contribution in [2.45, 2.75) is 19.4 Å². The fraction of sp³-hybridized carbons (Fsp3) is 0.417. The zero-order valence-corrected chi connectivity index (χ0v) is 12.6. The van der Waals surface area contributed by atoms with E-state index >= 15 is 0 Å². The number of halogens is 1. The lowest BCUT2D eigenvalue weighted by atomic mass is 10.2. The summed E-state index contributed by atoms with van der Waals surface area (Å²) in [5.74, 6) is -0.457. The molecule has 0 saturated carbocycles. The van der Waals surface area contributed by atoms with Gasteiger partial charge in [0.2, 0.25) is 5.91 Å². The molecule has 0 fully saturated rings. The van der Waals surface area contributed by atoms with Crippen LogP contribution in [0.1, 0.15) is 13.3 Å². The van der Waals surface area contributed by atoms with Crippen LogP contribution in [0.2, 0.25) is 0 Å². The number of carbonyl (C=O) groups is 1. The average molecular weight is 346 g/mol. The normalized spacial score (nSPS) is 11.9. The number of amides is 1. The summed E-state index contributed by atoms with van der Waals surface area (Å²) in [4.78, 5) is 21.6. The first-order valence-corrected chi connectivity index (χ1v) is 6.84. The number of nitro groups is 1. The van der Waals surface area contributed by atoms with Crippen LogP contribution in [0, 0.1) is 10.1 Å². The number of nitrogens with one attached hydrogen (secondary N) is 1. The van der Waals surface area contributed by atoms with E-state index < -0.39 is 16.9 Å². The molecule has 0 bridgehead atoms. The van der Waals surface area contributed by atoms with Gasteiger partial charge in [0.15, 0.2) is 5.75 Å². The Balaban J connectivity index is 2.77. The predicted molar refractivity (Wildman–Crippen MR) is 77.6 cm³/mol. The van der Waals surface area contributed by atoms with E-state index in [0.717, 1.165) is 6.42 Å². The largest absolute Gasteiger partial charge is 0.485 e. The van der Waals surface area contributed by atoms with E-state index in [-0.39, 0.29) is 18.0 Å². The van der Waals surface area contributed by atoms with E-state index in [0.29, 0.717) is 11.0 Å². The molecule has 1 unspecified atom stereocenters. The number of ether oxygens (including phenoxy) is 1. The van der Waals surface area contributed by atoms with Gasteiger partial charge in [0.1, 0.15) is 12.6 Å². The number of benzene rings is 1. The molecule has 3 N–H and O–H groups in total. The maximum atomic E-state index is 11.2. The van der Waals surface area contributed by atoms with Crippen molar-refractivity contribution in [3.8, 4) is 5.75 Å². The monoisotopic (exact) mass is 345 g/mol. The van der Waals surface area contributed by atoms with Crippen molar-refractivity contribution in [1.29, 1.82) is 0 Å². The Kier molecular flexibility index (Phi) is 6.40. The summed E-state index contributed by atoms with van der Waals surface area (Å²) in [7, 11) is 0. The third kappa shape index (κ3) is 4.78. The van der Waals surface area contributed by atoms with Crippen LogP contribution in [0.15, 0.2) is 22.7 Å². The number of nitrogens with two attached hydrogens (primary N) is 1. The summed E-state index contributed by atoms with van der Waals surface area (Å²) in [6.07, 6.45) is 0.836. The van der Waals surface area contributed by atoms with E-state index in [1.807, 2.05) is 6.92 Å². The molecule has 0 radical (unpaired) electrons. The van der Waals surface area contributed by atoms with E-state index in [1.54, 1.807) is 6.07 Å². The number of primary amides is 1. The number of nitro benzene ring substituents is 1. The Morgan fingerprint density at radius 2 is 2.30 bits per heavy atom. The van der Waals surface area contributed by atoms with Gasteiger partial charge in [0, 0.05) is 10.5 Å². The Morgan fingerprint density at radius 1 is 1.60 bits per heavy atom. The van der Waals surface area contributed by atoms with E-state index in [2.05, 4.69) is 21.2 Å². The Morgan fingerprint density at radius 3 is 2.85 bits per heavy atom. The summed E-state index contributed by atoms with van der Waals surface area (Å²) in [5, 5.41) is 13.8. The highest BCUT2D eigenvalue weighted by Gasteiger charge is 2.19.